The van der Waals surface area contributed by atoms with E-state index in [0.717, 1.165) is 58.1 Å². The highest BCUT2D eigenvalue weighted by Gasteiger charge is 2.63. The molecule has 0 radical (unpaired) electrons. The molecule has 1 aliphatic carbocycles. The molecule has 20 N–H and O–H groups in total. The molecule has 14 rings (SSSR count). The Morgan fingerprint density at radius 2 is 0.773 bits per heavy atom. The van der Waals surface area contributed by atoms with Gasteiger partial charge in [-0.25, -0.2) is 28.8 Å². The Kier molecular flexibility index (Phi) is 35.7. The summed E-state index contributed by atoms with van der Waals surface area (Å²) in [4.78, 5) is 105. The fourth-order valence-electron chi connectivity index (χ4n) is 15.8. The predicted molar refractivity (Wildman–Crippen MR) is 532 cm³/mol. The lowest BCUT2D eigenvalue weighted by Crippen LogP contribution is -2.42. The monoisotopic (exact) mass is 1960 g/mol. The molecule has 7 aliphatic heterocycles. The van der Waals surface area contributed by atoms with Gasteiger partial charge in [0.2, 0.25) is 5.91 Å². The average Bonchev–Trinajstić information content (AvgIpc) is 1.57. The van der Waals surface area contributed by atoms with E-state index in [2.05, 4.69) is 153 Å². The van der Waals surface area contributed by atoms with Gasteiger partial charge in [0.05, 0.1) is 43.7 Å². The predicted octanol–water partition coefficient (Wildman–Crippen LogP) is 0.624. The lowest BCUT2D eigenvalue weighted by molar-refractivity contribution is -0.175. The number of amides is 1. The second-order valence-electron chi connectivity index (χ2n) is 39.2. The number of rotatable bonds is 25. The summed E-state index contributed by atoms with van der Waals surface area (Å²) in [5.74, 6) is 0.385. The first-order valence-corrected chi connectivity index (χ1v) is 61.4. The summed E-state index contributed by atoms with van der Waals surface area (Å²) >= 11 is 0. The highest BCUT2D eigenvalue weighted by atomic mass is 31.2. The van der Waals surface area contributed by atoms with Crippen molar-refractivity contribution in [3.8, 4) is 0 Å². The number of carbonyl (C=O) groups is 1. The minimum Gasteiger partial charge on any atom is -0.390 e. The highest BCUT2D eigenvalue weighted by molar-refractivity contribution is 7.73. The molecule has 41 nitrogen and oxygen atoms in total. The minimum atomic E-state index is -1.28. The van der Waals surface area contributed by atoms with Crippen LogP contribution in [0.2, 0.25) is 0 Å². The summed E-state index contributed by atoms with van der Waals surface area (Å²) in [6, 6.07) is 6.85. The van der Waals surface area contributed by atoms with Crippen molar-refractivity contribution in [2.45, 2.75) is 193 Å². The number of aromatic nitrogens is 12. The van der Waals surface area contributed by atoms with E-state index in [1.807, 2.05) is 6.92 Å². The second kappa shape index (κ2) is 43.6. The first-order chi connectivity index (χ1) is 61.0. The van der Waals surface area contributed by atoms with Crippen LogP contribution in [0, 0.1) is 12.8 Å². The van der Waals surface area contributed by atoms with Crippen LogP contribution < -0.4 is 68.1 Å². The zero-order valence-electron chi connectivity index (χ0n) is 77.9. The van der Waals surface area contributed by atoms with Crippen molar-refractivity contribution in [2.75, 3.05) is 164 Å². The van der Waals surface area contributed by atoms with E-state index in [0.29, 0.717) is 50.9 Å². The number of nitrogens with one attached hydrogen (secondary N) is 1. The van der Waals surface area contributed by atoms with Crippen molar-refractivity contribution in [3.63, 3.8) is 0 Å². The number of hydrogen-bond acceptors (Lipinski definition) is 34. The van der Waals surface area contributed by atoms with Gasteiger partial charge >= 0.3 is 34.1 Å². The molecule has 8 aliphatic rings. The molecule has 132 heavy (non-hydrogen) atoms. The van der Waals surface area contributed by atoms with Crippen LogP contribution in [0.5, 0.6) is 0 Å². The van der Waals surface area contributed by atoms with Crippen molar-refractivity contribution < 1.29 is 83.9 Å². The summed E-state index contributed by atoms with van der Waals surface area (Å²) in [7, 11) is 0. The summed E-state index contributed by atoms with van der Waals surface area (Å²) in [6.07, 6.45) is 29.9. The number of anilines is 6. The SMILES string of the molecule is C=P(C)(C)CCC1=C[C@@H](n2ccc(N)nc2=O)[C@H](O)[C@@H]1O.C=P(C)(C)CC[C@@]12CO[C@@H]([C@H](n3cc(C)c(N)nc3=O)O1)[C@@H]2O.C=P(C)(C)CC[C@@]12CO[C@@H]([C@H](n3ccc(N)nc3=O)O1)[C@@H]2O.C=P(C)(C)CC[C@H]1O[C@@H](n2ccc(N)nc2=O)[C@H](C)[C@@H]1O.C=P(C)(C)CC[C@H]1O[C@@H](n2ccc(N)nc2=O)[C@H](O)[C@@H]1O.C=P(C)(C)CC[C@H]1O[C@@H](n2ccc(NC(C)=O)nc2=O)[C@H](O)[C@@H]1O. The Morgan fingerprint density at radius 1 is 0.439 bits per heavy atom. The molecule has 0 aromatic carbocycles. The van der Waals surface area contributed by atoms with Crippen LogP contribution in [-0.2, 0) is 38.0 Å². The third kappa shape index (κ3) is 28.2. The lowest BCUT2D eigenvalue weighted by atomic mass is 9.96. The standard InChI is InChI=1S/C15H24N3O5P.C15H24N3O4P.C14H22N3O4P.C14H24N3O3P.C14H22N3O3P.C13H22N3O4P/c1-9(19)16-11-5-7-18(15(22)17-11)14-13(21)12(20)10(23-14)6-8-24(2,3)4;1-9-7-18(14(20)17-12(9)16)13-10-11(19)15(22-13,8-21-10)5-6-23(2,3)4;1-22(2,3)7-5-14-8-20-10(11(14)18)12(21-14)17-6-4-9(15)16-13(17)19;1-9-12(18)10(6-8-21(2,3)4)20-13(9)17-7-5-11(15)16-14(17)19;1-21(2,3)7-5-9-8-10(13(19)12(9)18)17-6-4-11(15)16-14(17)20;1-21(2,3)7-5-8-10(17)11(18)12(20-8)16-6-4-9(14)15-13(16)19/h5,7,10,12-14,20-21H,2,6,8H2,1,3-4H3,(H,16,17,19,22);7,10-11,13,19H,2,5-6,8H2,1,3-4H3,(H2,16,17,20);4,6,10-12,18H,1,5,7-8H2,2-3H3,(H2,15,16,19);5,7,9-10,12-13,18H,2,6,8H2,1,3-4H3,(H2,15,16,19);4,6,8,10,12-13,18-19H,1,5,7H2,2-3H3,(H2,15,16,20);4,6,8,10-12,17-18H,1,5,7H2,2-3H3,(H2,14,15,19)/t10-,12-,13-,14-;10-,11+,13-,15+;10-,11+,12-,14+;9-,10-,12+,13-;10-,12-,13+;8-,10-,11-,12-/m111111/s1. The Hall–Kier alpha value is -7.35. The number of aryl methyl sites for hydroxylation is 1. The van der Waals surface area contributed by atoms with Gasteiger partial charge in [-0.15, -0.1) is 79.1 Å². The molecule has 13 heterocycles. The molecule has 0 unspecified atom stereocenters. The molecular weight excluding hydrogens is 1830 g/mol. The van der Waals surface area contributed by atoms with Gasteiger partial charge in [0.1, 0.15) is 113 Å². The second-order valence-corrected chi connectivity index (χ2v) is 65.1. The van der Waals surface area contributed by atoms with Gasteiger partial charge in [-0.05, 0) is 198 Å². The van der Waals surface area contributed by atoms with E-state index in [1.54, 1.807) is 31.5 Å². The quantitative estimate of drug-likeness (QED) is 0.0276. The molecular formula is C85H138N18O23P6. The smallest absolute Gasteiger partial charge is 0.351 e. The van der Waals surface area contributed by atoms with Gasteiger partial charge < -0.3 is 113 Å². The van der Waals surface area contributed by atoms with Crippen LogP contribution >= 0.6 is 41.3 Å². The molecule has 7 fully saturated rings. The van der Waals surface area contributed by atoms with Gasteiger partial charge in [-0.1, -0.05) is 13.0 Å². The van der Waals surface area contributed by atoms with E-state index >= 15 is 0 Å². The van der Waals surface area contributed by atoms with Gasteiger partial charge in [0.15, 0.2) is 24.9 Å². The van der Waals surface area contributed by atoms with E-state index in [9.17, 15) is 79.5 Å². The maximum absolute atomic E-state index is 12.1. The van der Waals surface area contributed by atoms with Crippen molar-refractivity contribution >= 4 is 120 Å². The van der Waals surface area contributed by atoms with Crippen molar-refractivity contribution in [1.82, 2.24) is 57.3 Å². The number of aliphatic hydroxyl groups is 9. The van der Waals surface area contributed by atoms with Crippen molar-refractivity contribution in [3.05, 3.63) is 148 Å². The maximum atomic E-state index is 12.1. The Morgan fingerprint density at radius 3 is 1.14 bits per heavy atom. The zero-order valence-corrected chi connectivity index (χ0v) is 83.2. The first-order valence-electron chi connectivity index (χ1n) is 43.0. The van der Waals surface area contributed by atoms with Crippen LogP contribution in [0.1, 0.15) is 95.1 Å². The fourth-order valence-corrected chi connectivity index (χ4v) is 21.5. The molecule has 6 aromatic rings. The third-order valence-corrected chi connectivity index (χ3v) is 32.3. The molecule has 1 amide bonds. The summed E-state index contributed by atoms with van der Waals surface area (Å²) < 4.78 is 48.5. The summed E-state index contributed by atoms with van der Waals surface area (Å²) in [6.45, 7) is 23.8. The number of nitrogen functional groups attached to an aromatic ring is 5. The lowest BCUT2D eigenvalue weighted by Gasteiger charge is -2.32. The van der Waals surface area contributed by atoms with Crippen LogP contribution in [-0.4, -0.2) is 374 Å². The molecule has 4 bridgehead atoms. The molecule has 23 atom stereocenters. The largest absolute Gasteiger partial charge is 0.390 e. The van der Waals surface area contributed by atoms with Crippen molar-refractivity contribution in [1.29, 1.82) is 0 Å². The number of nitrogens with zero attached hydrogens (tertiary/aromatic N) is 12. The average molecular weight is 1970 g/mol. The highest BCUT2D eigenvalue weighted by Crippen LogP contribution is 2.52. The van der Waals surface area contributed by atoms with Crippen LogP contribution in [0.25, 0.3) is 0 Å². The number of aliphatic hydroxyl groups excluding tert-OH is 9. The van der Waals surface area contributed by atoms with E-state index in [4.69, 9.17) is 61.8 Å². The van der Waals surface area contributed by atoms with E-state index in [1.165, 1.54) is 74.2 Å². The van der Waals surface area contributed by atoms with Gasteiger partial charge in [-0.3, -0.25) is 32.2 Å². The van der Waals surface area contributed by atoms with Crippen LogP contribution in [0.3, 0.4) is 0 Å². The summed E-state index contributed by atoms with van der Waals surface area (Å²) in [5, 5.41) is 94.8. The number of ether oxygens (including phenoxy) is 7. The molecule has 47 heteroatoms. The van der Waals surface area contributed by atoms with Crippen LogP contribution in [0.15, 0.2) is 108 Å². The van der Waals surface area contributed by atoms with Gasteiger partial charge in [0.25, 0.3) is 0 Å². The maximum Gasteiger partial charge on any atom is 0.351 e. The number of carbonyl (C=O) groups excluding carboxylic acids is 1. The first kappa shape index (κ1) is 108. The number of hydrogen-bond donors (Lipinski definition) is 15. The van der Waals surface area contributed by atoms with Crippen molar-refractivity contribution in [2.24, 2.45) is 5.92 Å². The minimum absolute atomic E-state index is 0.101. The molecule has 6 aromatic heterocycles. The number of fused-ring (bicyclic) bond motifs is 4. The van der Waals surface area contributed by atoms with E-state index in [-0.39, 0.29) is 52.8 Å². The van der Waals surface area contributed by atoms with Gasteiger partial charge in [0, 0.05) is 55.6 Å². The Bertz CT molecular complexity index is 5690. The Balaban J connectivity index is 0.000000178. The topological polar surface area (TPSA) is 615 Å². The van der Waals surface area contributed by atoms with E-state index < -0.39 is 203 Å². The summed E-state index contributed by atoms with van der Waals surface area (Å²) in [5.41, 5.74) is 24.2. The third-order valence-electron chi connectivity index (χ3n) is 23.6. The normalized spacial score (nSPS) is 30.0. The fraction of sp³-hybridized carbons (Fsp3) is 0.612. The molecule has 736 valence electrons. The van der Waals surface area contributed by atoms with Crippen LogP contribution in [0.4, 0.5) is 34.9 Å². The zero-order chi connectivity index (χ0) is 98.5. The molecule has 7 saturated heterocycles. The number of nitrogens with two attached hydrogens (primary N) is 5. The molecule has 0 spiro atoms. The Labute approximate surface area is 768 Å². The van der Waals surface area contributed by atoms with Gasteiger partial charge in [-0.2, -0.15) is 29.9 Å². The molecule has 0 saturated carbocycles.